The summed E-state index contributed by atoms with van der Waals surface area (Å²) in [6.45, 7) is 7.83. The Bertz CT molecular complexity index is 500. The van der Waals surface area contributed by atoms with Crippen LogP contribution in [-0.2, 0) is 4.79 Å². The van der Waals surface area contributed by atoms with Crippen LogP contribution in [0.25, 0.3) is 0 Å². The smallest absolute Gasteiger partial charge is 0.219 e. The number of carbonyl (C=O) groups is 1. The molecule has 22 heavy (non-hydrogen) atoms. The van der Waals surface area contributed by atoms with E-state index >= 15 is 0 Å². The van der Waals surface area contributed by atoms with Crippen molar-refractivity contribution in [1.29, 1.82) is 0 Å². The maximum absolute atomic E-state index is 11.4. The normalized spacial score (nSPS) is 21.2. The molecular weight excluding hydrogens is 276 g/mol. The molecule has 0 unspecified atom stereocenters. The molecule has 120 valence electrons. The minimum atomic E-state index is 0.180. The zero-order valence-corrected chi connectivity index (χ0v) is 13.7. The van der Waals surface area contributed by atoms with Gasteiger partial charge in [-0.15, -0.1) is 0 Å². The van der Waals surface area contributed by atoms with Gasteiger partial charge >= 0.3 is 0 Å². The van der Waals surface area contributed by atoms with E-state index < -0.39 is 0 Å². The van der Waals surface area contributed by atoms with Gasteiger partial charge in [0.2, 0.25) is 5.91 Å². The van der Waals surface area contributed by atoms with Crippen molar-refractivity contribution in [1.82, 2.24) is 14.9 Å². The molecule has 0 radical (unpaired) electrons. The van der Waals surface area contributed by atoms with E-state index in [-0.39, 0.29) is 5.91 Å². The van der Waals surface area contributed by atoms with E-state index in [4.69, 9.17) is 0 Å². The van der Waals surface area contributed by atoms with Gasteiger partial charge in [-0.1, -0.05) is 6.92 Å². The molecule has 5 heteroatoms. The summed E-state index contributed by atoms with van der Waals surface area (Å²) in [6.07, 6.45) is 8.35. The molecule has 1 aromatic rings. The summed E-state index contributed by atoms with van der Waals surface area (Å²) in [7, 11) is 0. The van der Waals surface area contributed by atoms with Gasteiger partial charge in [-0.25, -0.2) is 4.98 Å². The first-order valence-electron chi connectivity index (χ1n) is 8.46. The molecule has 0 atom stereocenters. The second kappa shape index (κ2) is 6.63. The Hall–Kier alpha value is -1.65. The van der Waals surface area contributed by atoms with E-state index in [2.05, 4.69) is 21.8 Å². The molecule has 2 fully saturated rings. The van der Waals surface area contributed by atoms with Gasteiger partial charge in [-0.2, -0.15) is 0 Å². The Kier molecular flexibility index (Phi) is 4.60. The lowest BCUT2D eigenvalue weighted by atomic mass is 9.94. The number of carbonyl (C=O) groups excluding carboxylic acids is 1. The van der Waals surface area contributed by atoms with E-state index in [1.807, 2.05) is 17.3 Å². The standard InChI is InChI=1S/C17H26N4O/c1-13-3-7-21(8-4-13)17-12-18-16(11-19-17)15-5-9-20(10-6-15)14(2)22/h11-13,15H,3-10H2,1-2H3. The minimum absolute atomic E-state index is 0.180. The Morgan fingerprint density at radius 1 is 1.05 bits per heavy atom. The average molecular weight is 302 g/mol. The first kappa shape index (κ1) is 15.3. The zero-order valence-electron chi connectivity index (χ0n) is 13.7. The van der Waals surface area contributed by atoms with Crippen LogP contribution in [0.1, 0.15) is 51.1 Å². The fourth-order valence-corrected chi connectivity index (χ4v) is 3.43. The number of nitrogens with zero attached hydrogens (tertiary/aromatic N) is 4. The fourth-order valence-electron chi connectivity index (χ4n) is 3.43. The molecule has 0 N–H and O–H groups in total. The highest BCUT2D eigenvalue weighted by Gasteiger charge is 2.23. The lowest BCUT2D eigenvalue weighted by molar-refractivity contribution is -0.129. The Morgan fingerprint density at radius 3 is 2.27 bits per heavy atom. The molecule has 2 saturated heterocycles. The van der Waals surface area contributed by atoms with Crippen LogP contribution in [0.5, 0.6) is 0 Å². The van der Waals surface area contributed by atoms with E-state index in [0.29, 0.717) is 5.92 Å². The van der Waals surface area contributed by atoms with E-state index in [9.17, 15) is 4.79 Å². The number of hydrogen-bond donors (Lipinski definition) is 0. The number of piperidine rings is 2. The number of amides is 1. The van der Waals surface area contributed by atoms with Crippen LogP contribution in [0, 0.1) is 5.92 Å². The Morgan fingerprint density at radius 2 is 1.73 bits per heavy atom. The molecule has 0 saturated carbocycles. The SMILES string of the molecule is CC(=O)N1CCC(c2cnc(N3CCC(C)CC3)cn2)CC1. The summed E-state index contributed by atoms with van der Waals surface area (Å²) in [4.78, 5) is 24.9. The lowest BCUT2D eigenvalue weighted by Crippen LogP contribution is -2.36. The molecule has 0 spiro atoms. The van der Waals surface area contributed by atoms with Crippen LogP contribution in [0.2, 0.25) is 0 Å². The largest absolute Gasteiger partial charge is 0.355 e. The van der Waals surface area contributed by atoms with Crippen molar-refractivity contribution >= 4 is 11.7 Å². The summed E-state index contributed by atoms with van der Waals surface area (Å²) in [6, 6.07) is 0. The molecule has 0 aromatic carbocycles. The monoisotopic (exact) mass is 302 g/mol. The van der Waals surface area contributed by atoms with Gasteiger partial charge in [0.1, 0.15) is 5.82 Å². The van der Waals surface area contributed by atoms with E-state index in [0.717, 1.165) is 56.5 Å². The Balaban J connectivity index is 1.59. The first-order chi connectivity index (χ1) is 10.6. The molecule has 1 amide bonds. The van der Waals surface area contributed by atoms with Gasteiger partial charge in [0, 0.05) is 39.0 Å². The lowest BCUT2D eigenvalue weighted by Gasteiger charge is -2.32. The number of aromatic nitrogens is 2. The van der Waals surface area contributed by atoms with Crippen molar-refractivity contribution in [3.63, 3.8) is 0 Å². The molecule has 0 aliphatic carbocycles. The maximum Gasteiger partial charge on any atom is 0.219 e. The van der Waals surface area contributed by atoms with Gasteiger partial charge in [-0.05, 0) is 31.6 Å². The molecule has 1 aromatic heterocycles. The van der Waals surface area contributed by atoms with Gasteiger partial charge in [-0.3, -0.25) is 9.78 Å². The molecule has 5 nitrogen and oxygen atoms in total. The summed E-state index contributed by atoms with van der Waals surface area (Å²) in [5.74, 6) is 2.46. The van der Waals surface area contributed by atoms with Crippen LogP contribution in [0.4, 0.5) is 5.82 Å². The van der Waals surface area contributed by atoms with Crippen molar-refractivity contribution < 1.29 is 4.79 Å². The van der Waals surface area contributed by atoms with Crippen LogP contribution in [-0.4, -0.2) is 47.0 Å². The van der Waals surface area contributed by atoms with Crippen LogP contribution in [0.3, 0.4) is 0 Å². The summed E-state index contributed by atoms with van der Waals surface area (Å²) in [5.41, 5.74) is 1.08. The molecule has 3 rings (SSSR count). The van der Waals surface area contributed by atoms with Gasteiger partial charge in [0.25, 0.3) is 0 Å². The van der Waals surface area contributed by atoms with Gasteiger partial charge in [0.05, 0.1) is 18.1 Å². The molecular formula is C17H26N4O. The van der Waals surface area contributed by atoms with Crippen LogP contribution >= 0.6 is 0 Å². The molecule has 2 aliphatic heterocycles. The van der Waals surface area contributed by atoms with Crippen LogP contribution < -0.4 is 4.90 Å². The third kappa shape index (κ3) is 3.39. The second-order valence-corrected chi connectivity index (χ2v) is 6.75. The number of likely N-dealkylation sites (tertiary alicyclic amines) is 1. The third-order valence-electron chi connectivity index (χ3n) is 5.12. The molecule has 2 aliphatic rings. The highest BCUT2D eigenvalue weighted by molar-refractivity contribution is 5.73. The highest BCUT2D eigenvalue weighted by Crippen LogP contribution is 2.27. The van der Waals surface area contributed by atoms with Crippen molar-refractivity contribution in [3.05, 3.63) is 18.1 Å². The first-order valence-corrected chi connectivity index (χ1v) is 8.46. The third-order valence-corrected chi connectivity index (χ3v) is 5.12. The van der Waals surface area contributed by atoms with Gasteiger partial charge in [0.15, 0.2) is 0 Å². The maximum atomic E-state index is 11.4. The quantitative estimate of drug-likeness (QED) is 0.842. The number of rotatable bonds is 2. The zero-order chi connectivity index (χ0) is 15.5. The van der Waals surface area contributed by atoms with Crippen molar-refractivity contribution in [3.8, 4) is 0 Å². The summed E-state index contributed by atoms with van der Waals surface area (Å²) < 4.78 is 0. The van der Waals surface area contributed by atoms with Crippen LogP contribution in [0.15, 0.2) is 12.4 Å². The topological polar surface area (TPSA) is 49.3 Å². The minimum Gasteiger partial charge on any atom is -0.355 e. The molecule has 3 heterocycles. The second-order valence-electron chi connectivity index (χ2n) is 6.75. The summed E-state index contributed by atoms with van der Waals surface area (Å²) in [5, 5.41) is 0. The van der Waals surface area contributed by atoms with Crippen molar-refractivity contribution in [2.45, 2.75) is 45.4 Å². The summed E-state index contributed by atoms with van der Waals surface area (Å²) >= 11 is 0. The van der Waals surface area contributed by atoms with E-state index in [1.165, 1.54) is 12.8 Å². The molecule has 0 bridgehead atoms. The highest BCUT2D eigenvalue weighted by atomic mass is 16.2. The average Bonchev–Trinajstić information content (AvgIpc) is 2.56. The Labute approximate surface area is 132 Å². The predicted octanol–water partition coefficient (Wildman–Crippen LogP) is 2.44. The van der Waals surface area contributed by atoms with Crippen molar-refractivity contribution in [2.24, 2.45) is 5.92 Å². The van der Waals surface area contributed by atoms with Crippen molar-refractivity contribution in [2.75, 3.05) is 31.1 Å². The number of hydrogen-bond acceptors (Lipinski definition) is 4. The van der Waals surface area contributed by atoms with E-state index in [1.54, 1.807) is 6.92 Å². The van der Waals surface area contributed by atoms with Gasteiger partial charge < -0.3 is 9.80 Å². The fraction of sp³-hybridized carbons (Fsp3) is 0.706. The predicted molar refractivity (Wildman–Crippen MR) is 86.9 cm³/mol. The number of anilines is 1.